The van der Waals surface area contributed by atoms with Gasteiger partial charge in [-0.3, -0.25) is 0 Å². The maximum atomic E-state index is 6.10. The topological polar surface area (TPSA) is 63.5 Å². The summed E-state index contributed by atoms with van der Waals surface area (Å²) in [4.78, 5) is 8.84. The van der Waals surface area contributed by atoms with Crippen molar-refractivity contribution in [2.45, 2.75) is 26.9 Å². The van der Waals surface area contributed by atoms with E-state index < -0.39 is 0 Å². The second-order valence-corrected chi connectivity index (χ2v) is 6.05. The monoisotopic (exact) mass is 511 g/mol. The Morgan fingerprint density at radius 3 is 2.69 bits per heavy atom. The van der Waals surface area contributed by atoms with Crippen LogP contribution in [0.4, 0.5) is 0 Å². The van der Waals surface area contributed by atoms with Crippen molar-refractivity contribution in [1.82, 2.24) is 20.2 Å². The highest BCUT2D eigenvalue weighted by Crippen LogP contribution is 2.24. The zero-order valence-corrected chi connectivity index (χ0v) is 18.9. The quantitative estimate of drug-likeness (QED) is 0.335. The van der Waals surface area contributed by atoms with Gasteiger partial charge in [-0.2, -0.15) is 0 Å². The number of halogens is 3. The fourth-order valence-corrected chi connectivity index (χ4v) is 2.67. The highest BCUT2D eigenvalue weighted by atomic mass is 127. The molecule has 0 radical (unpaired) electrons. The molecule has 0 unspecified atom stereocenters. The minimum absolute atomic E-state index is 0. The third kappa shape index (κ3) is 6.21. The predicted octanol–water partition coefficient (Wildman–Crippen LogP) is 4.00. The molecule has 0 aliphatic carbocycles. The molecule has 0 aliphatic heterocycles. The van der Waals surface area contributed by atoms with Crippen molar-refractivity contribution in [1.29, 1.82) is 0 Å². The highest BCUT2D eigenvalue weighted by Gasteiger charge is 2.09. The Morgan fingerprint density at radius 1 is 1.31 bits per heavy atom. The van der Waals surface area contributed by atoms with Crippen molar-refractivity contribution in [3.05, 3.63) is 45.8 Å². The molecule has 26 heavy (non-hydrogen) atoms. The molecule has 0 spiro atoms. The lowest BCUT2D eigenvalue weighted by molar-refractivity contribution is 0.323. The summed E-state index contributed by atoms with van der Waals surface area (Å²) in [5, 5.41) is 7.56. The van der Waals surface area contributed by atoms with Crippen LogP contribution >= 0.6 is 47.2 Å². The Balaban J connectivity index is 0.00000338. The summed E-state index contributed by atoms with van der Waals surface area (Å²) < 4.78 is 7.38. The molecule has 0 aliphatic rings. The molecule has 144 valence electrons. The van der Waals surface area contributed by atoms with Gasteiger partial charge in [0, 0.05) is 31.0 Å². The fourth-order valence-electron chi connectivity index (χ4n) is 2.25. The molecule has 2 rings (SSSR count). The summed E-state index contributed by atoms with van der Waals surface area (Å²) in [5.74, 6) is 1.31. The number of nitrogens with zero attached hydrogens (tertiary/aromatic N) is 3. The lowest BCUT2D eigenvalue weighted by Crippen LogP contribution is -2.37. The molecule has 2 aromatic heterocycles. The van der Waals surface area contributed by atoms with Gasteiger partial charge in [-0.15, -0.1) is 24.0 Å². The van der Waals surface area contributed by atoms with E-state index >= 15 is 0 Å². The van der Waals surface area contributed by atoms with Crippen molar-refractivity contribution in [2.75, 3.05) is 13.2 Å². The van der Waals surface area contributed by atoms with Gasteiger partial charge in [-0.25, -0.2) is 9.98 Å². The Labute approximate surface area is 181 Å². The second-order valence-electron chi connectivity index (χ2n) is 5.28. The highest BCUT2D eigenvalue weighted by molar-refractivity contribution is 14.0. The molecule has 6 nitrogen and oxygen atoms in total. The molecule has 0 atom stereocenters. The third-order valence-electron chi connectivity index (χ3n) is 3.54. The number of ether oxygens (including phenoxy) is 1. The number of hydrogen-bond donors (Lipinski definition) is 2. The standard InChI is InChI=1S/C17H23Cl2N5O.HI/c1-4-20-17(23-11-13-9-14(18)15(19)24(13)3)22-10-12-7-6-8-21-16(12)25-5-2;/h6-9H,4-5,10-11H2,1-3H3,(H2,20,22,23);1H. The first-order chi connectivity index (χ1) is 12.1. The van der Waals surface area contributed by atoms with E-state index in [9.17, 15) is 0 Å². The Kier molecular flexibility index (Phi) is 10.1. The van der Waals surface area contributed by atoms with E-state index in [1.54, 1.807) is 6.20 Å². The largest absolute Gasteiger partial charge is 0.478 e. The molecule has 0 bridgehead atoms. The van der Waals surface area contributed by atoms with E-state index in [-0.39, 0.29) is 24.0 Å². The van der Waals surface area contributed by atoms with Crippen LogP contribution in [0.15, 0.2) is 29.4 Å². The van der Waals surface area contributed by atoms with Crippen molar-refractivity contribution in [2.24, 2.45) is 12.0 Å². The normalized spacial score (nSPS) is 11.0. The summed E-state index contributed by atoms with van der Waals surface area (Å²) in [7, 11) is 1.87. The lowest BCUT2D eigenvalue weighted by Gasteiger charge is -2.12. The number of aromatic nitrogens is 2. The van der Waals surface area contributed by atoms with Crippen LogP contribution in [0.5, 0.6) is 5.88 Å². The van der Waals surface area contributed by atoms with Gasteiger partial charge in [-0.05, 0) is 26.0 Å². The Morgan fingerprint density at radius 2 is 2.08 bits per heavy atom. The van der Waals surface area contributed by atoms with Crippen LogP contribution in [-0.2, 0) is 20.1 Å². The van der Waals surface area contributed by atoms with Crippen LogP contribution in [0.25, 0.3) is 0 Å². The first-order valence-electron chi connectivity index (χ1n) is 8.15. The number of guanidine groups is 1. The molecule has 2 heterocycles. The number of rotatable bonds is 7. The average molecular weight is 512 g/mol. The first-order valence-corrected chi connectivity index (χ1v) is 8.90. The molecular weight excluding hydrogens is 488 g/mol. The third-order valence-corrected chi connectivity index (χ3v) is 4.38. The summed E-state index contributed by atoms with van der Waals surface area (Å²) in [5.41, 5.74) is 1.91. The van der Waals surface area contributed by atoms with Gasteiger partial charge in [0.1, 0.15) is 5.15 Å². The van der Waals surface area contributed by atoms with Crippen molar-refractivity contribution < 1.29 is 4.74 Å². The minimum atomic E-state index is 0. The van der Waals surface area contributed by atoms with Crippen molar-refractivity contribution >= 4 is 53.1 Å². The van der Waals surface area contributed by atoms with E-state index in [1.165, 1.54) is 0 Å². The van der Waals surface area contributed by atoms with Crippen molar-refractivity contribution in [3.8, 4) is 5.88 Å². The Bertz CT molecular complexity index is 736. The maximum Gasteiger partial charge on any atom is 0.218 e. The van der Waals surface area contributed by atoms with Gasteiger partial charge in [0.2, 0.25) is 5.88 Å². The van der Waals surface area contributed by atoms with E-state index in [4.69, 9.17) is 27.9 Å². The summed E-state index contributed by atoms with van der Waals surface area (Å²) in [6, 6.07) is 5.68. The van der Waals surface area contributed by atoms with Gasteiger partial charge in [0.15, 0.2) is 5.96 Å². The molecule has 0 saturated carbocycles. The predicted molar refractivity (Wildman–Crippen MR) is 118 cm³/mol. The van der Waals surface area contributed by atoms with Gasteiger partial charge < -0.3 is 19.9 Å². The maximum absolute atomic E-state index is 6.10. The van der Waals surface area contributed by atoms with Gasteiger partial charge in [0.25, 0.3) is 0 Å². The molecule has 2 N–H and O–H groups in total. The van der Waals surface area contributed by atoms with E-state index in [0.29, 0.717) is 41.7 Å². The van der Waals surface area contributed by atoms with Gasteiger partial charge in [0.05, 0.1) is 24.7 Å². The van der Waals surface area contributed by atoms with E-state index in [0.717, 1.165) is 17.8 Å². The molecule has 0 saturated heterocycles. The zero-order chi connectivity index (χ0) is 18.2. The average Bonchev–Trinajstić information content (AvgIpc) is 2.86. The SMILES string of the molecule is CCNC(=NCc1cccnc1OCC)NCc1cc(Cl)c(Cl)n1C.I. The van der Waals surface area contributed by atoms with Crippen LogP contribution in [0.2, 0.25) is 10.2 Å². The van der Waals surface area contributed by atoms with Crippen LogP contribution in [-0.4, -0.2) is 28.7 Å². The van der Waals surface area contributed by atoms with Crippen LogP contribution in [0, 0.1) is 0 Å². The molecule has 0 aromatic carbocycles. The van der Waals surface area contributed by atoms with Crippen molar-refractivity contribution in [3.63, 3.8) is 0 Å². The molecular formula is C17H24Cl2IN5O. The smallest absolute Gasteiger partial charge is 0.218 e. The van der Waals surface area contributed by atoms with E-state index in [1.807, 2.05) is 43.7 Å². The van der Waals surface area contributed by atoms with E-state index in [2.05, 4.69) is 20.6 Å². The number of hydrogen-bond acceptors (Lipinski definition) is 3. The van der Waals surface area contributed by atoms with Gasteiger partial charge >= 0.3 is 0 Å². The molecule has 0 fully saturated rings. The van der Waals surface area contributed by atoms with Crippen LogP contribution in [0.1, 0.15) is 25.1 Å². The number of nitrogens with one attached hydrogen (secondary N) is 2. The summed E-state index contributed by atoms with van der Waals surface area (Å²) in [6.07, 6.45) is 1.71. The summed E-state index contributed by atoms with van der Waals surface area (Å²) in [6.45, 7) is 6.30. The first kappa shape index (κ1) is 22.9. The molecule has 2 aromatic rings. The number of pyridine rings is 1. The summed E-state index contributed by atoms with van der Waals surface area (Å²) >= 11 is 12.2. The zero-order valence-electron chi connectivity index (χ0n) is 15.1. The minimum Gasteiger partial charge on any atom is -0.478 e. The Hall–Kier alpha value is -1.19. The van der Waals surface area contributed by atoms with Crippen LogP contribution in [0.3, 0.4) is 0 Å². The second kappa shape index (κ2) is 11.5. The van der Waals surface area contributed by atoms with Crippen LogP contribution < -0.4 is 15.4 Å². The fraction of sp³-hybridized carbons (Fsp3) is 0.412. The molecule has 9 heteroatoms. The molecule has 0 amide bonds. The number of aliphatic imine (C=N–C) groups is 1. The van der Waals surface area contributed by atoms with Gasteiger partial charge in [-0.1, -0.05) is 29.3 Å². The lowest BCUT2D eigenvalue weighted by atomic mass is 10.3.